The third kappa shape index (κ3) is 6.15. The Bertz CT molecular complexity index is 186. The van der Waals surface area contributed by atoms with Crippen molar-refractivity contribution < 1.29 is 4.79 Å². The zero-order chi connectivity index (χ0) is 11.1. The van der Waals surface area contributed by atoms with Crippen LogP contribution in [0.15, 0.2) is 0 Å². The average molecular weight is 184 g/mol. The fraction of sp³-hybridized carbons (Fsp3) is 0.800. The molecule has 0 heterocycles. The van der Waals surface area contributed by atoms with Crippen LogP contribution >= 0.6 is 0 Å². The van der Waals surface area contributed by atoms with Gasteiger partial charge in [-0.05, 0) is 5.41 Å². The lowest BCUT2D eigenvalue weighted by molar-refractivity contribution is -0.126. The molecule has 0 aliphatic heterocycles. The van der Waals surface area contributed by atoms with Gasteiger partial charge in [-0.1, -0.05) is 41.5 Å². The van der Waals surface area contributed by atoms with Gasteiger partial charge in [0.2, 0.25) is 5.91 Å². The summed E-state index contributed by atoms with van der Waals surface area (Å²) in [5, 5.41) is 10.3. The maximum atomic E-state index is 11.1. The number of nitriles is 1. The van der Waals surface area contributed by atoms with E-state index in [4.69, 9.17) is 5.26 Å². The molecule has 13 heavy (non-hydrogen) atoms. The molecular formula is C10H20N2O. The van der Waals surface area contributed by atoms with Gasteiger partial charge in [-0.25, -0.2) is 0 Å². The van der Waals surface area contributed by atoms with Gasteiger partial charge in [0.15, 0.2) is 6.19 Å². The van der Waals surface area contributed by atoms with Crippen LogP contribution in [0, 0.1) is 22.8 Å². The Hall–Kier alpha value is -1.04. The maximum Gasteiger partial charge on any atom is 0.236 e. The lowest BCUT2D eigenvalue weighted by Gasteiger charge is -2.24. The Kier molecular flexibility index (Phi) is 7.21. The summed E-state index contributed by atoms with van der Waals surface area (Å²) in [4.78, 5) is 11.1. The third-order valence-electron chi connectivity index (χ3n) is 1.87. The quantitative estimate of drug-likeness (QED) is 0.502. The Labute approximate surface area is 81.1 Å². The average Bonchev–Trinajstić information content (AvgIpc) is 2.05. The van der Waals surface area contributed by atoms with E-state index in [-0.39, 0.29) is 17.2 Å². The first-order valence-corrected chi connectivity index (χ1v) is 4.58. The largest absolute Gasteiger partial charge is 0.274 e. The lowest BCUT2D eigenvalue weighted by atomic mass is 9.81. The van der Waals surface area contributed by atoms with Gasteiger partial charge >= 0.3 is 0 Å². The predicted octanol–water partition coefficient (Wildman–Crippen LogP) is 2.29. The van der Waals surface area contributed by atoms with E-state index in [0.29, 0.717) is 0 Å². The van der Waals surface area contributed by atoms with Crippen molar-refractivity contribution in [3.63, 3.8) is 0 Å². The van der Waals surface area contributed by atoms with Crippen LogP contribution in [0.5, 0.6) is 0 Å². The number of nitrogens with zero attached hydrogens (tertiary/aromatic N) is 1. The maximum absolute atomic E-state index is 11.1. The molecule has 0 aliphatic rings. The van der Waals surface area contributed by atoms with Crippen LogP contribution in [0.25, 0.3) is 0 Å². The van der Waals surface area contributed by atoms with Gasteiger partial charge in [-0.3, -0.25) is 10.1 Å². The van der Waals surface area contributed by atoms with Crippen LogP contribution in [-0.2, 0) is 4.79 Å². The minimum absolute atomic E-state index is 0.0824. The molecule has 0 saturated carbocycles. The highest BCUT2D eigenvalue weighted by atomic mass is 16.1. The van der Waals surface area contributed by atoms with Gasteiger partial charge in [0.05, 0.1) is 0 Å². The van der Waals surface area contributed by atoms with E-state index in [2.05, 4.69) is 5.32 Å². The van der Waals surface area contributed by atoms with Crippen LogP contribution in [0.2, 0.25) is 0 Å². The number of hydrogen-bond donors (Lipinski definition) is 1. The Morgan fingerprint density at radius 1 is 1.38 bits per heavy atom. The van der Waals surface area contributed by atoms with Crippen molar-refractivity contribution in [2.75, 3.05) is 0 Å². The number of hydrogen-bond acceptors (Lipinski definition) is 2. The fourth-order valence-electron chi connectivity index (χ4n) is 0.557. The molecule has 3 nitrogen and oxygen atoms in total. The molecule has 0 saturated heterocycles. The summed E-state index contributed by atoms with van der Waals surface area (Å²) < 4.78 is 0. The summed E-state index contributed by atoms with van der Waals surface area (Å²) >= 11 is 0. The SMILES string of the molecule is CC.CC(C(=O)NC#N)C(C)(C)C. The molecule has 0 aromatic carbocycles. The molecule has 0 spiro atoms. The van der Waals surface area contributed by atoms with Crippen LogP contribution < -0.4 is 5.32 Å². The molecule has 76 valence electrons. The van der Waals surface area contributed by atoms with Gasteiger partial charge in [0.25, 0.3) is 0 Å². The topological polar surface area (TPSA) is 52.9 Å². The summed E-state index contributed by atoms with van der Waals surface area (Å²) in [7, 11) is 0. The molecule has 1 unspecified atom stereocenters. The number of carbonyl (C=O) groups excluding carboxylic acids is 1. The Balaban J connectivity index is 0. The molecule has 0 aliphatic carbocycles. The van der Waals surface area contributed by atoms with Crippen molar-refractivity contribution in [1.29, 1.82) is 5.26 Å². The van der Waals surface area contributed by atoms with Gasteiger partial charge in [-0.15, -0.1) is 0 Å². The zero-order valence-electron chi connectivity index (χ0n) is 9.43. The van der Waals surface area contributed by atoms with Gasteiger partial charge in [0.1, 0.15) is 0 Å². The molecule has 0 fully saturated rings. The molecular weight excluding hydrogens is 164 g/mol. The Morgan fingerprint density at radius 2 is 1.77 bits per heavy atom. The van der Waals surface area contributed by atoms with Gasteiger partial charge in [0, 0.05) is 5.92 Å². The van der Waals surface area contributed by atoms with Crippen LogP contribution in [0.4, 0.5) is 0 Å². The smallest absolute Gasteiger partial charge is 0.236 e. The first-order chi connectivity index (χ1) is 5.89. The summed E-state index contributed by atoms with van der Waals surface area (Å²) in [5.74, 6) is -0.345. The Morgan fingerprint density at radius 3 is 2.00 bits per heavy atom. The molecule has 1 atom stereocenters. The van der Waals surface area contributed by atoms with E-state index in [0.717, 1.165) is 0 Å². The molecule has 3 heteroatoms. The molecule has 0 radical (unpaired) electrons. The summed E-state index contributed by atoms with van der Waals surface area (Å²) in [6, 6.07) is 0. The highest BCUT2D eigenvalue weighted by Crippen LogP contribution is 2.24. The number of rotatable bonds is 1. The third-order valence-corrected chi connectivity index (χ3v) is 1.87. The minimum atomic E-state index is -0.208. The van der Waals surface area contributed by atoms with Crippen molar-refractivity contribution in [3.05, 3.63) is 0 Å². The molecule has 0 aromatic heterocycles. The van der Waals surface area contributed by atoms with Crippen LogP contribution in [0.1, 0.15) is 41.5 Å². The van der Waals surface area contributed by atoms with E-state index in [9.17, 15) is 4.79 Å². The standard InChI is InChI=1S/C8H14N2O.C2H6/c1-6(8(2,3)4)7(11)10-5-9;1-2/h6H,1-4H3,(H,10,11);1-2H3. The summed E-state index contributed by atoms with van der Waals surface area (Å²) in [6.07, 6.45) is 1.62. The van der Waals surface area contributed by atoms with Crippen LogP contribution in [0.3, 0.4) is 0 Å². The van der Waals surface area contributed by atoms with E-state index in [1.807, 2.05) is 41.5 Å². The highest BCUT2D eigenvalue weighted by Gasteiger charge is 2.26. The molecule has 0 bridgehead atoms. The normalized spacial score (nSPS) is 11.8. The van der Waals surface area contributed by atoms with Crippen molar-refractivity contribution >= 4 is 5.91 Å². The minimum Gasteiger partial charge on any atom is -0.274 e. The van der Waals surface area contributed by atoms with Crippen molar-refractivity contribution in [2.45, 2.75) is 41.5 Å². The summed E-state index contributed by atoms with van der Waals surface area (Å²) in [6.45, 7) is 11.7. The zero-order valence-corrected chi connectivity index (χ0v) is 9.43. The first-order valence-electron chi connectivity index (χ1n) is 4.58. The van der Waals surface area contributed by atoms with Crippen molar-refractivity contribution in [1.82, 2.24) is 5.32 Å². The molecule has 1 amide bonds. The second kappa shape index (κ2) is 6.47. The summed E-state index contributed by atoms with van der Waals surface area (Å²) in [5.41, 5.74) is -0.0824. The number of amides is 1. The van der Waals surface area contributed by atoms with Gasteiger partial charge < -0.3 is 0 Å². The van der Waals surface area contributed by atoms with Gasteiger partial charge in [-0.2, -0.15) is 5.26 Å². The van der Waals surface area contributed by atoms with Crippen LogP contribution in [-0.4, -0.2) is 5.91 Å². The second-order valence-corrected chi connectivity index (χ2v) is 3.69. The molecule has 0 aromatic rings. The lowest BCUT2D eigenvalue weighted by Crippen LogP contribution is -2.33. The highest BCUT2D eigenvalue weighted by molar-refractivity contribution is 5.80. The number of nitrogens with one attached hydrogen (secondary N) is 1. The predicted molar refractivity (Wildman–Crippen MR) is 53.7 cm³/mol. The van der Waals surface area contributed by atoms with Crippen molar-refractivity contribution in [2.24, 2.45) is 11.3 Å². The first kappa shape index (κ1) is 14.5. The van der Waals surface area contributed by atoms with E-state index >= 15 is 0 Å². The monoisotopic (exact) mass is 184 g/mol. The van der Waals surface area contributed by atoms with E-state index in [1.54, 1.807) is 6.19 Å². The fourth-order valence-corrected chi connectivity index (χ4v) is 0.557. The molecule has 1 N–H and O–H groups in total. The second-order valence-electron chi connectivity index (χ2n) is 3.69. The number of carbonyl (C=O) groups is 1. The van der Waals surface area contributed by atoms with E-state index < -0.39 is 0 Å². The molecule has 0 rings (SSSR count). The van der Waals surface area contributed by atoms with E-state index in [1.165, 1.54) is 0 Å². The van der Waals surface area contributed by atoms with Crippen molar-refractivity contribution in [3.8, 4) is 6.19 Å².